The molecule has 0 aromatic heterocycles. The lowest BCUT2D eigenvalue weighted by Crippen LogP contribution is -2.19. The highest BCUT2D eigenvalue weighted by molar-refractivity contribution is 5.53. The highest BCUT2D eigenvalue weighted by Crippen LogP contribution is 2.42. The number of anilines is 1. The fraction of sp³-hybridized carbons (Fsp3) is 0.615. The highest BCUT2D eigenvalue weighted by Gasteiger charge is 2.25. The predicted octanol–water partition coefficient (Wildman–Crippen LogP) is 8.62. The molecule has 2 unspecified atom stereocenters. The molecule has 2 aliphatic rings. The van der Waals surface area contributed by atoms with Gasteiger partial charge in [0.15, 0.2) is 0 Å². The van der Waals surface area contributed by atoms with Crippen molar-refractivity contribution in [3.63, 3.8) is 0 Å². The highest BCUT2D eigenvalue weighted by atomic mass is 14.9. The monoisotopic (exact) mass is 369 g/mol. The van der Waals surface area contributed by atoms with Crippen LogP contribution in [0.5, 0.6) is 0 Å². The molecule has 0 amide bonds. The van der Waals surface area contributed by atoms with Crippen molar-refractivity contribution in [1.82, 2.24) is 0 Å². The Bertz CT molecular complexity index is 568. The van der Waals surface area contributed by atoms with E-state index in [0.29, 0.717) is 0 Å². The molecule has 1 N–H and O–H groups in total. The van der Waals surface area contributed by atoms with Crippen LogP contribution in [0.4, 0.5) is 5.69 Å². The molecule has 0 spiro atoms. The van der Waals surface area contributed by atoms with E-state index in [-0.39, 0.29) is 0 Å². The molecular weight excluding hydrogens is 326 g/mol. The van der Waals surface area contributed by atoms with Crippen LogP contribution in [-0.2, 0) is 0 Å². The SMILES string of the molecule is C=C.CC/C=C(/Nc1ccc(C2CC2)c(C)c1)C1CCCC(C)C1.CCC. The van der Waals surface area contributed by atoms with Crippen LogP contribution in [-0.4, -0.2) is 0 Å². The molecule has 1 aromatic carbocycles. The summed E-state index contributed by atoms with van der Waals surface area (Å²) in [6, 6.07) is 6.99. The first-order chi connectivity index (χ1) is 13.1. The lowest BCUT2D eigenvalue weighted by molar-refractivity contribution is 0.315. The summed E-state index contributed by atoms with van der Waals surface area (Å²) in [5.41, 5.74) is 5.77. The van der Waals surface area contributed by atoms with E-state index in [1.54, 1.807) is 5.56 Å². The van der Waals surface area contributed by atoms with Crippen molar-refractivity contribution in [3.05, 3.63) is 54.3 Å². The summed E-state index contributed by atoms with van der Waals surface area (Å²) in [6.07, 6.45) is 13.0. The minimum atomic E-state index is 0.729. The van der Waals surface area contributed by atoms with Gasteiger partial charge in [-0.1, -0.05) is 59.1 Å². The fourth-order valence-electron chi connectivity index (χ4n) is 4.03. The molecule has 1 heteroatoms. The topological polar surface area (TPSA) is 12.0 Å². The minimum absolute atomic E-state index is 0.729. The molecule has 0 aliphatic heterocycles. The molecule has 2 saturated carbocycles. The molecule has 0 heterocycles. The van der Waals surface area contributed by atoms with Crippen molar-refractivity contribution >= 4 is 5.69 Å². The van der Waals surface area contributed by atoms with Gasteiger partial charge < -0.3 is 5.32 Å². The van der Waals surface area contributed by atoms with E-state index >= 15 is 0 Å². The van der Waals surface area contributed by atoms with E-state index in [2.05, 4.69) is 77.4 Å². The summed E-state index contributed by atoms with van der Waals surface area (Å²) in [7, 11) is 0. The van der Waals surface area contributed by atoms with E-state index in [9.17, 15) is 0 Å². The third kappa shape index (κ3) is 7.95. The number of benzene rings is 1. The molecule has 2 aliphatic carbocycles. The molecular formula is C26H43N. The number of nitrogens with one attached hydrogen (secondary N) is 1. The zero-order chi connectivity index (χ0) is 20.2. The van der Waals surface area contributed by atoms with Crippen molar-refractivity contribution in [2.75, 3.05) is 5.32 Å². The molecule has 0 bridgehead atoms. The summed E-state index contributed by atoms with van der Waals surface area (Å²) in [5.74, 6) is 2.45. The molecule has 152 valence electrons. The van der Waals surface area contributed by atoms with Crippen LogP contribution >= 0.6 is 0 Å². The quantitative estimate of drug-likeness (QED) is 0.512. The Morgan fingerprint density at radius 3 is 2.30 bits per heavy atom. The summed E-state index contributed by atoms with van der Waals surface area (Å²) < 4.78 is 0. The summed E-state index contributed by atoms with van der Waals surface area (Å²) in [5, 5.41) is 3.76. The Kier molecular flexibility index (Phi) is 11.2. The van der Waals surface area contributed by atoms with Crippen LogP contribution in [0.2, 0.25) is 0 Å². The second-order valence-electron chi connectivity index (χ2n) is 8.21. The van der Waals surface area contributed by atoms with Gasteiger partial charge in [-0.25, -0.2) is 0 Å². The molecule has 2 atom stereocenters. The van der Waals surface area contributed by atoms with Gasteiger partial charge in [0.2, 0.25) is 0 Å². The molecule has 3 rings (SSSR count). The standard InChI is InChI=1S/C21H31N.C3H8.C2H4/c1-4-6-21(18-8-5-7-15(2)13-18)22-19-11-12-20(16(3)14-19)17-9-10-17;1-3-2;1-2/h6,11-12,14-15,17-18,22H,4-5,7-10,13H2,1-3H3;3H2,1-2H3;1-2H2/b21-6+;;. The van der Waals surface area contributed by atoms with Crippen LogP contribution in [0.3, 0.4) is 0 Å². The van der Waals surface area contributed by atoms with Gasteiger partial charge in [0, 0.05) is 11.4 Å². The normalized spacial score (nSPS) is 22.0. The molecule has 1 nitrogen and oxygen atoms in total. The van der Waals surface area contributed by atoms with Gasteiger partial charge >= 0.3 is 0 Å². The average Bonchev–Trinajstić information content (AvgIpc) is 3.49. The Labute approximate surface area is 169 Å². The number of rotatable bonds is 5. The van der Waals surface area contributed by atoms with Crippen molar-refractivity contribution in [3.8, 4) is 0 Å². The van der Waals surface area contributed by atoms with Gasteiger partial charge in [0.25, 0.3) is 0 Å². The lowest BCUT2D eigenvalue weighted by Gasteiger charge is -2.29. The number of aryl methyl sites for hydroxylation is 1. The first kappa shape index (κ1) is 23.5. The lowest BCUT2D eigenvalue weighted by atomic mass is 9.80. The van der Waals surface area contributed by atoms with Crippen LogP contribution in [0.25, 0.3) is 0 Å². The van der Waals surface area contributed by atoms with Crippen molar-refractivity contribution in [1.29, 1.82) is 0 Å². The summed E-state index contributed by atoms with van der Waals surface area (Å²) >= 11 is 0. The maximum Gasteiger partial charge on any atom is 0.0384 e. The van der Waals surface area contributed by atoms with Crippen LogP contribution < -0.4 is 5.32 Å². The molecule has 0 radical (unpaired) electrons. The number of allylic oxidation sites excluding steroid dienone is 2. The fourth-order valence-corrected chi connectivity index (χ4v) is 4.03. The van der Waals surface area contributed by atoms with Crippen LogP contribution in [0.15, 0.2) is 43.1 Å². The third-order valence-corrected chi connectivity index (χ3v) is 5.38. The van der Waals surface area contributed by atoms with E-state index < -0.39 is 0 Å². The molecule has 0 saturated heterocycles. The first-order valence-corrected chi connectivity index (χ1v) is 11.2. The number of hydrogen-bond donors (Lipinski definition) is 1. The molecule has 2 fully saturated rings. The van der Waals surface area contributed by atoms with Crippen molar-refractivity contribution in [2.24, 2.45) is 11.8 Å². The average molecular weight is 370 g/mol. The van der Waals surface area contributed by atoms with Gasteiger partial charge in [0.1, 0.15) is 0 Å². The Morgan fingerprint density at radius 2 is 1.78 bits per heavy atom. The van der Waals surface area contributed by atoms with E-state index in [4.69, 9.17) is 0 Å². The van der Waals surface area contributed by atoms with Gasteiger partial charge in [-0.2, -0.15) is 0 Å². The van der Waals surface area contributed by atoms with Gasteiger partial charge in [-0.15, -0.1) is 13.2 Å². The van der Waals surface area contributed by atoms with E-state index in [0.717, 1.165) is 24.2 Å². The van der Waals surface area contributed by atoms with Crippen LogP contribution in [0, 0.1) is 18.8 Å². The Balaban J connectivity index is 0.000000665. The van der Waals surface area contributed by atoms with Gasteiger partial charge in [0.05, 0.1) is 0 Å². The van der Waals surface area contributed by atoms with Crippen LogP contribution in [0.1, 0.15) is 96.1 Å². The minimum Gasteiger partial charge on any atom is -0.359 e. The van der Waals surface area contributed by atoms with E-state index in [1.165, 1.54) is 61.9 Å². The van der Waals surface area contributed by atoms with E-state index in [1.807, 2.05) is 0 Å². The zero-order valence-corrected chi connectivity index (χ0v) is 18.6. The number of hydrogen-bond acceptors (Lipinski definition) is 1. The second-order valence-corrected chi connectivity index (χ2v) is 8.21. The van der Waals surface area contributed by atoms with Crippen molar-refractivity contribution in [2.45, 2.75) is 91.9 Å². The van der Waals surface area contributed by atoms with Crippen molar-refractivity contribution < 1.29 is 0 Å². The predicted molar refractivity (Wildman–Crippen MR) is 123 cm³/mol. The summed E-state index contributed by atoms with van der Waals surface area (Å²) in [4.78, 5) is 0. The zero-order valence-electron chi connectivity index (χ0n) is 18.6. The smallest absolute Gasteiger partial charge is 0.0384 e. The van der Waals surface area contributed by atoms with Gasteiger partial charge in [-0.05, 0) is 80.0 Å². The maximum absolute atomic E-state index is 3.76. The molecule has 1 aromatic rings. The second kappa shape index (κ2) is 12.8. The molecule has 27 heavy (non-hydrogen) atoms. The first-order valence-electron chi connectivity index (χ1n) is 11.2. The van der Waals surface area contributed by atoms with Gasteiger partial charge in [-0.3, -0.25) is 0 Å². The largest absolute Gasteiger partial charge is 0.359 e. The Morgan fingerprint density at radius 1 is 1.11 bits per heavy atom. The third-order valence-electron chi connectivity index (χ3n) is 5.38. The Hall–Kier alpha value is -1.50. The maximum atomic E-state index is 3.76. The summed E-state index contributed by atoms with van der Waals surface area (Å²) in [6.45, 7) is 17.2.